The van der Waals surface area contributed by atoms with E-state index < -0.39 is 12.3 Å². The van der Waals surface area contributed by atoms with Crippen molar-refractivity contribution in [2.24, 2.45) is 7.05 Å². The Morgan fingerprint density at radius 1 is 1.07 bits per heavy atom. The third kappa shape index (κ3) is 3.34. The molecule has 0 atom stereocenters. The molecule has 0 amide bonds. The molecule has 142 valence electrons. The van der Waals surface area contributed by atoms with E-state index >= 15 is 0 Å². The van der Waals surface area contributed by atoms with Gasteiger partial charge in [0.05, 0.1) is 23.5 Å². The fourth-order valence-electron chi connectivity index (χ4n) is 2.83. The van der Waals surface area contributed by atoms with Crippen molar-refractivity contribution in [2.75, 3.05) is 0 Å². The van der Waals surface area contributed by atoms with Gasteiger partial charge in [0, 0.05) is 19.4 Å². The van der Waals surface area contributed by atoms with Crippen LogP contribution in [0.15, 0.2) is 64.1 Å². The quantitative estimate of drug-likeness (QED) is 0.528. The minimum atomic E-state index is -2.82. The van der Waals surface area contributed by atoms with Gasteiger partial charge >= 0.3 is 12.1 Å². The molecule has 0 saturated carbocycles. The van der Waals surface area contributed by atoms with Crippen LogP contribution in [0.2, 0.25) is 0 Å². The molecule has 0 aliphatic rings. The molecule has 7 nitrogen and oxygen atoms in total. The summed E-state index contributed by atoms with van der Waals surface area (Å²) in [5.74, 6) is -0.763. The van der Waals surface area contributed by atoms with Crippen LogP contribution in [0.4, 0.5) is 8.78 Å². The average molecular weight is 383 g/mol. The predicted molar refractivity (Wildman–Crippen MR) is 96.7 cm³/mol. The molecule has 3 heterocycles. The second-order valence-electron chi connectivity index (χ2n) is 6.13. The van der Waals surface area contributed by atoms with Gasteiger partial charge in [0.1, 0.15) is 0 Å². The van der Waals surface area contributed by atoms with Crippen LogP contribution in [-0.4, -0.2) is 24.3 Å². The maximum absolute atomic E-state index is 12.6. The highest BCUT2D eigenvalue weighted by Gasteiger charge is 2.17. The summed E-state index contributed by atoms with van der Waals surface area (Å²) in [7, 11) is 1.72. The highest BCUT2D eigenvalue weighted by Crippen LogP contribution is 2.23. The van der Waals surface area contributed by atoms with Crippen molar-refractivity contribution < 1.29 is 13.2 Å². The van der Waals surface area contributed by atoms with Gasteiger partial charge < -0.3 is 4.42 Å². The summed E-state index contributed by atoms with van der Waals surface area (Å²) in [6.45, 7) is 0.270. The van der Waals surface area contributed by atoms with Crippen LogP contribution in [0.5, 0.6) is 0 Å². The van der Waals surface area contributed by atoms with E-state index in [1.165, 1.54) is 6.20 Å². The van der Waals surface area contributed by atoms with E-state index in [0.29, 0.717) is 11.3 Å². The summed E-state index contributed by atoms with van der Waals surface area (Å²) < 4.78 is 33.1. The lowest BCUT2D eigenvalue weighted by molar-refractivity contribution is 0.116. The first-order valence-electron chi connectivity index (χ1n) is 8.41. The van der Waals surface area contributed by atoms with E-state index in [4.69, 9.17) is 4.42 Å². The van der Waals surface area contributed by atoms with Gasteiger partial charge in [0.2, 0.25) is 5.89 Å². The Balaban J connectivity index is 1.57. The van der Waals surface area contributed by atoms with Crippen LogP contribution >= 0.6 is 0 Å². The first-order chi connectivity index (χ1) is 13.5. The van der Waals surface area contributed by atoms with E-state index in [-0.39, 0.29) is 18.1 Å². The molecule has 0 radical (unpaired) electrons. The summed E-state index contributed by atoms with van der Waals surface area (Å²) in [4.78, 5) is 16.8. The molecule has 9 heteroatoms. The van der Waals surface area contributed by atoms with Crippen LogP contribution in [-0.2, 0) is 13.6 Å². The number of aromatic nitrogens is 5. The van der Waals surface area contributed by atoms with Crippen molar-refractivity contribution in [1.82, 2.24) is 24.3 Å². The molecule has 28 heavy (non-hydrogen) atoms. The van der Waals surface area contributed by atoms with Gasteiger partial charge in [-0.2, -0.15) is 8.78 Å². The minimum Gasteiger partial charge on any atom is -0.415 e. The van der Waals surface area contributed by atoms with E-state index in [9.17, 15) is 13.6 Å². The molecule has 0 aliphatic carbocycles. The molecule has 0 fully saturated rings. The van der Waals surface area contributed by atoms with Crippen LogP contribution in [0.3, 0.4) is 0 Å². The van der Waals surface area contributed by atoms with Crippen LogP contribution < -0.4 is 5.69 Å². The molecular formula is C19H15F2N5O2. The fourth-order valence-corrected chi connectivity index (χ4v) is 2.83. The summed E-state index contributed by atoms with van der Waals surface area (Å²) in [5, 5.41) is 6.88. The molecule has 0 unspecified atom stereocenters. The summed E-state index contributed by atoms with van der Waals surface area (Å²) in [6, 6.07) is 12.9. The normalized spacial score (nSPS) is 11.3. The van der Waals surface area contributed by atoms with Crippen molar-refractivity contribution in [2.45, 2.75) is 13.0 Å². The van der Waals surface area contributed by atoms with Crippen LogP contribution in [0.25, 0.3) is 22.7 Å². The first-order valence-corrected chi connectivity index (χ1v) is 8.41. The second kappa shape index (κ2) is 7.18. The van der Waals surface area contributed by atoms with Gasteiger partial charge in [0.25, 0.3) is 5.89 Å². The molecule has 0 spiro atoms. The number of benzene rings is 1. The lowest BCUT2D eigenvalue weighted by Gasteiger charge is -2.02. The number of hydrogen-bond acceptors (Lipinski definition) is 5. The SMILES string of the molecule is Cn1c(-c2ccccc2)cn(Cc2ccc(-c3nnc(C(F)F)o3)cn2)c1=O. The minimum absolute atomic E-state index is 0.0300. The molecule has 3 aromatic heterocycles. The molecule has 0 bridgehead atoms. The largest absolute Gasteiger partial charge is 0.415 e. The van der Waals surface area contributed by atoms with Crippen molar-refractivity contribution in [3.05, 3.63) is 76.9 Å². The number of pyridine rings is 1. The summed E-state index contributed by atoms with van der Waals surface area (Å²) in [6.07, 6.45) is 0.405. The summed E-state index contributed by atoms with van der Waals surface area (Å²) >= 11 is 0. The second-order valence-corrected chi connectivity index (χ2v) is 6.13. The fraction of sp³-hybridized carbons (Fsp3) is 0.158. The van der Waals surface area contributed by atoms with Gasteiger partial charge in [-0.05, 0) is 17.7 Å². The van der Waals surface area contributed by atoms with E-state index in [1.807, 2.05) is 30.3 Å². The first kappa shape index (κ1) is 17.8. The molecule has 1 aromatic carbocycles. The highest BCUT2D eigenvalue weighted by atomic mass is 19.3. The number of rotatable bonds is 5. The van der Waals surface area contributed by atoms with Gasteiger partial charge in [0.15, 0.2) is 0 Å². The molecule has 0 N–H and O–H groups in total. The highest BCUT2D eigenvalue weighted by molar-refractivity contribution is 5.58. The van der Waals surface area contributed by atoms with Gasteiger partial charge in [-0.3, -0.25) is 14.1 Å². The van der Waals surface area contributed by atoms with Crippen LogP contribution in [0, 0.1) is 0 Å². The Morgan fingerprint density at radius 2 is 1.86 bits per heavy atom. The smallest absolute Gasteiger partial charge is 0.328 e. The third-order valence-corrected chi connectivity index (χ3v) is 4.27. The number of hydrogen-bond donors (Lipinski definition) is 0. The topological polar surface area (TPSA) is 78.7 Å². The van der Waals surface area contributed by atoms with Crippen molar-refractivity contribution in [1.29, 1.82) is 0 Å². The molecule has 4 rings (SSSR count). The maximum Gasteiger partial charge on any atom is 0.328 e. The third-order valence-electron chi connectivity index (χ3n) is 4.27. The Hall–Kier alpha value is -3.62. The van der Waals surface area contributed by atoms with E-state index in [1.54, 1.807) is 34.5 Å². The number of alkyl halides is 2. The zero-order valence-electron chi connectivity index (χ0n) is 14.8. The molecule has 0 saturated heterocycles. The van der Waals surface area contributed by atoms with Gasteiger partial charge in [-0.25, -0.2) is 4.79 Å². The van der Waals surface area contributed by atoms with Gasteiger partial charge in [-0.15, -0.1) is 10.2 Å². The molecular weight excluding hydrogens is 368 g/mol. The number of nitrogens with zero attached hydrogens (tertiary/aromatic N) is 5. The lowest BCUT2D eigenvalue weighted by atomic mass is 10.2. The zero-order valence-corrected chi connectivity index (χ0v) is 14.8. The predicted octanol–water partition coefficient (Wildman–Crippen LogP) is 3.28. The van der Waals surface area contributed by atoms with Crippen molar-refractivity contribution in [3.63, 3.8) is 0 Å². The number of imidazole rings is 1. The standard InChI is InChI=1S/C19H15F2N5O2/c1-25-15(12-5-3-2-4-6-12)11-26(19(25)27)10-14-8-7-13(9-22-14)17-23-24-18(28-17)16(20)21/h2-9,11,16H,10H2,1H3. The van der Waals surface area contributed by atoms with Gasteiger partial charge in [-0.1, -0.05) is 30.3 Å². The van der Waals surface area contributed by atoms with Crippen LogP contribution in [0.1, 0.15) is 18.0 Å². The average Bonchev–Trinajstić information content (AvgIpc) is 3.31. The van der Waals surface area contributed by atoms with E-state index in [0.717, 1.165) is 11.3 Å². The number of halogens is 2. The lowest BCUT2D eigenvalue weighted by Crippen LogP contribution is -2.23. The maximum atomic E-state index is 12.6. The molecule has 4 aromatic rings. The Kier molecular flexibility index (Phi) is 4.56. The Morgan fingerprint density at radius 3 is 2.50 bits per heavy atom. The van der Waals surface area contributed by atoms with Crippen molar-refractivity contribution >= 4 is 0 Å². The Bertz CT molecular complexity index is 1150. The molecule has 0 aliphatic heterocycles. The monoisotopic (exact) mass is 383 g/mol. The van der Waals surface area contributed by atoms with E-state index in [2.05, 4.69) is 15.2 Å². The van der Waals surface area contributed by atoms with Crippen molar-refractivity contribution in [3.8, 4) is 22.7 Å². The zero-order chi connectivity index (χ0) is 19.7. The summed E-state index contributed by atoms with van der Waals surface area (Å²) in [5.41, 5.74) is 2.63. The Labute approximate surface area is 157 Å².